The highest BCUT2D eigenvalue weighted by Crippen LogP contribution is 2.35. The summed E-state index contributed by atoms with van der Waals surface area (Å²) >= 11 is 0. The van der Waals surface area contributed by atoms with E-state index in [2.05, 4.69) is 25.3 Å². The average Bonchev–Trinajstić information content (AvgIpc) is 3.59. The normalized spacial score (nSPS) is 11.1. The van der Waals surface area contributed by atoms with Crippen LogP contribution >= 0.6 is 0 Å². The summed E-state index contributed by atoms with van der Waals surface area (Å²) in [6.07, 6.45) is 1.66. The Hall–Kier alpha value is -5.31. The number of phenolic OH excluding ortho intramolecular Hbond substituents is 1. The summed E-state index contributed by atoms with van der Waals surface area (Å²) in [4.78, 5) is 28.4. The van der Waals surface area contributed by atoms with E-state index in [1.807, 2.05) is 42.5 Å². The molecule has 0 unspecified atom stereocenters. The molecule has 194 valence electrons. The number of ether oxygens (including phenoxy) is 2. The Labute approximate surface area is 223 Å². The van der Waals surface area contributed by atoms with Gasteiger partial charge in [0.15, 0.2) is 0 Å². The average molecular weight is 520 g/mol. The molecule has 3 heterocycles. The topological polar surface area (TPSA) is 125 Å². The van der Waals surface area contributed by atoms with E-state index in [9.17, 15) is 9.90 Å². The number of aromatic hydroxyl groups is 1. The third-order valence-corrected chi connectivity index (χ3v) is 6.59. The molecule has 1 amide bonds. The summed E-state index contributed by atoms with van der Waals surface area (Å²) in [6, 6.07) is 22.0. The molecule has 0 atom stereocenters. The van der Waals surface area contributed by atoms with Gasteiger partial charge >= 0.3 is 0 Å². The second-order valence-corrected chi connectivity index (χ2v) is 9.04. The molecule has 6 aromatic rings. The Kier molecular flexibility index (Phi) is 6.08. The molecular weight excluding hydrogens is 494 g/mol. The van der Waals surface area contributed by atoms with Gasteiger partial charge in [-0.3, -0.25) is 4.79 Å². The molecule has 6 rings (SSSR count). The van der Waals surface area contributed by atoms with Gasteiger partial charge in [-0.15, -0.1) is 0 Å². The van der Waals surface area contributed by atoms with Crippen molar-refractivity contribution in [3.8, 4) is 39.9 Å². The quantitative estimate of drug-likeness (QED) is 0.223. The number of phenols is 1. The van der Waals surface area contributed by atoms with Crippen LogP contribution in [0.1, 0.15) is 16.1 Å². The standard InChI is InChI=1S/C30H25N5O4/c1-38-21-7-9-24-19(13-21)12-20(33-24)16-32-29(37)18-5-8-25-26(15-18)35-28(34-25)23-14-17(6-10-27(23)36)22-4-3-11-31-30(22)39-2/h3-15,33,36H,16H2,1-2H3,(H,32,37)(H,34,35). The van der Waals surface area contributed by atoms with Crippen LogP contribution in [0.2, 0.25) is 0 Å². The lowest BCUT2D eigenvalue weighted by atomic mass is 10.0. The van der Waals surface area contributed by atoms with Crippen LogP contribution in [-0.2, 0) is 6.54 Å². The summed E-state index contributed by atoms with van der Waals surface area (Å²) in [5, 5.41) is 14.6. The fourth-order valence-electron chi connectivity index (χ4n) is 4.62. The number of rotatable bonds is 7. The number of aromatic amines is 2. The number of hydrogen-bond acceptors (Lipinski definition) is 6. The zero-order valence-electron chi connectivity index (χ0n) is 21.3. The molecule has 0 bridgehead atoms. The number of benzene rings is 3. The summed E-state index contributed by atoms with van der Waals surface area (Å²) in [7, 11) is 3.20. The van der Waals surface area contributed by atoms with E-state index in [1.54, 1.807) is 50.7 Å². The van der Waals surface area contributed by atoms with Gasteiger partial charge in [0.2, 0.25) is 5.88 Å². The highest BCUT2D eigenvalue weighted by molar-refractivity contribution is 5.98. The Bertz CT molecular complexity index is 1840. The SMILES string of the molecule is COc1ccc2[nH]c(CNC(=O)c3ccc4nc(-c5cc(-c6cccnc6OC)ccc5O)[nH]c4c3)cc2c1. The number of amides is 1. The highest BCUT2D eigenvalue weighted by atomic mass is 16.5. The second kappa shape index (κ2) is 9.86. The first kappa shape index (κ1) is 24.1. The van der Waals surface area contributed by atoms with Crippen molar-refractivity contribution in [3.05, 3.63) is 90.3 Å². The van der Waals surface area contributed by atoms with Gasteiger partial charge in [-0.05, 0) is 72.3 Å². The maximum absolute atomic E-state index is 12.9. The number of nitrogens with zero attached hydrogens (tertiary/aromatic N) is 2. The molecule has 9 heteroatoms. The maximum Gasteiger partial charge on any atom is 0.251 e. The van der Waals surface area contributed by atoms with E-state index in [-0.39, 0.29) is 11.7 Å². The van der Waals surface area contributed by atoms with Crippen LogP contribution in [0.5, 0.6) is 17.4 Å². The number of aromatic nitrogens is 4. The summed E-state index contributed by atoms with van der Waals surface area (Å²) in [6.45, 7) is 0.348. The van der Waals surface area contributed by atoms with Crippen LogP contribution in [-0.4, -0.2) is 45.2 Å². The number of carbonyl (C=O) groups is 1. The first-order valence-electron chi connectivity index (χ1n) is 12.3. The van der Waals surface area contributed by atoms with Gasteiger partial charge in [-0.2, -0.15) is 0 Å². The molecule has 0 aliphatic heterocycles. The summed E-state index contributed by atoms with van der Waals surface area (Å²) in [5.74, 6) is 1.62. The Morgan fingerprint density at radius 1 is 0.923 bits per heavy atom. The van der Waals surface area contributed by atoms with Gasteiger partial charge in [0.1, 0.15) is 17.3 Å². The molecular formula is C30H25N5O4. The number of hydrogen-bond donors (Lipinski definition) is 4. The first-order valence-corrected chi connectivity index (χ1v) is 12.3. The number of methoxy groups -OCH3 is 2. The summed E-state index contributed by atoms with van der Waals surface area (Å²) < 4.78 is 10.7. The molecule has 0 fully saturated rings. The number of carbonyl (C=O) groups excluding carboxylic acids is 1. The fourth-order valence-corrected chi connectivity index (χ4v) is 4.62. The third-order valence-electron chi connectivity index (χ3n) is 6.59. The number of fused-ring (bicyclic) bond motifs is 2. The molecule has 0 spiro atoms. The van der Waals surface area contributed by atoms with Gasteiger partial charge in [0, 0.05) is 33.9 Å². The molecule has 0 radical (unpaired) electrons. The predicted octanol–water partition coefficient (Wildman–Crippen LogP) is 5.43. The molecule has 39 heavy (non-hydrogen) atoms. The Balaban J connectivity index is 1.24. The molecule has 0 saturated heterocycles. The van der Waals surface area contributed by atoms with Crippen molar-refractivity contribution in [2.45, 2.75) is 6.54 Å². The van der Waals surface area contributed by atoms with E-state index >= 15 is 0 Å². The van der Waals surface area contributed by atoms with Crippen LogP contribution in [0.25, 0.3) is 44.5 Å². The number of imidazole rings is 1. The van der Waals surface area contributed by atoms with Crippen LogP contribution in [0, 0.1) is 0 Å². The van der Waals surface area contributed by atoms with E-state index in [1.165, 1.54) is 0 Å². The lowest BCUT2D eigenvalue weighted by molar-refractivity contribution is 0.0950. The van der Waals surface area contributed by atoms with Gasteiger partial charge in [0.05, 0.1) is 37.4 Å². The smallest absolute Gasteiger partial charge is 0.251 e. The van der Waals surface area contributed by atoms with Gasteiger partial charge in [-0.1, -0.05) is 6.07 Å². The number of H-pyrrole nitrogens is 2. The largest absolute Gasteiger partial charge is 0.507 e. The van der Waals surface area contributed by atoms with E-state index in [4.69, 9.17) is 9.47 Å². The van der Waals surface area contributed by atoms with Crippen molar-refractivity contribution in [2.75, 3.05) is 14.2 Å². The van der Waals surface area contributed by atoms with Gasteiger partial charge < -0.3 is 29.9 Å². The van der Waals surface area contributed by atoms with Crippen molar-refractivity contribution >= 4 is 27.8 Å². The third kappa shape index (κ3) is 4.61. The Morgan fingerprint density at radius 3 is 2.67 bits per heavy atom. The van der Waals surface area contributed by atoms with Crippen LogP contribution in [0.3, 0.4) is 0 Å². The van der Waals surface area contributed by atoms with E-state index < -0.39 is 0 Å². The van der Waals surface area contributed by atoms with Crippen LogP contribution < -0.4 is 14.8 Å². The Morgan fingerprint density at radius 2 is 1.82 bits per heavy atom. The van der Waals surface area contributed by atoms with Crippen LogP contribution in [0.4, 0.5) is 0 Å². The van der Waals surface area contributed by atoms with Gasteiger partial charge in [-0.25, -0.2) is 9.97 Å². The van der Waals surface area contributed by atoms with E-state index in [0.29, 0.717) is 40.4 Å². The van der Waals surface area contributed by atoms with Crippen molar-refractivity contribution in [1.82, 2.24) is 25.3 Å². The highest BCUT2D eigenvalue weighted by Gasteiger charge is 2.15. The predicted molar refractivity (Wildman–Crippen MR) is 149 cm³/mol. The molecule has 0 aliphatic rings. The molecule has 3 aromatic heterocycles. The summed E-state index contributed by atoms with van der Waals surface area (Å²) in [5.41, 5.74) is 5.85. The van der Waals surface area contributed by atoms with E-state index in [0.717, 1.165) is 33.5 Å². The monoisotopic (exact) mass is 519 g/mol. The van der Waals surface area contributed by atoms with Crippen molar-refractivity contribution in [3.63, 3.8) is 0 Å². The molecule has 0 aliphatic carbocycles. The zero-order chi connectivity index (χ0) is 26.9. The first-order chi connectivity index (χ1) is 19.0. The minimum atomic E-state index is -0.210. The molecule has 9 nitrogen and oxygen atoms in total. The lowest BCUT2D eigenvalue weighted by Crippen LogP contribution is -2.22. The number of nitrogens with one attached hydrogen (secondary N) is 3. The van der Waals surface area contributed by atoms with Crippen molar-refractivity contribution < 1.29 is 19.4 Å². The van der Waals surface area contributed by atoms with Crippen molar-refractivity contribution in [2.24, 2.45) is 0 Å². The lowest BCUT2D eigenvalue weighted by Gasteiger charge is -2.09. The maximum atomic E-state index is 12.9. The molecule has 0 saturated carbocycles. The number of pyridine rings is 1. The van der Waals surface area contributed by atoms with Gasteiger partial charge in [0.25, 0.3) is 5.91 Å². The zero-order valence-corrected chi connectivity index (χ0v) is 21.3. The van der Waals surface area contributed by atoms with Crippen LogP contribution in [0.15, 0.2) is 79.0 Å². The minimum absolute atomic E-state index is 0.0783. The van der Waals surface area contributed by atoms with Crippen molar-refractivity contribution in [1.29, 1.82) is 0 Å². The minimum Gasteiger partial charge on any atom is -0.507 e. The molecule has 4 N–H and O–H groups in total. The second-order valence-electron chi connectivity index (χ2n) is 9.04. The molecule has 3 aromatic carbocycles. The fraction of sp³-hybridized carbons (Fsp3) is 0.100.